The Morgan fingerprint density at radius 1 is 1.67 bits per heavy atom. The Morgan fingerprint density at radius 2 is 2.33 bits per heavy atom. The van der Waals surface area contributed by atoms with Crippen LogP contribution in [-0.4, -0.2) is 19.7 Å². The van der Waals surface area contributed by atoms with Gasteiger partial charge in [-0.2, -0.15) is 0 Å². The summed E-state index contributed by atoms with van der Waals surface area (Å²) in [6, 6.07) is 0.0225. The van der Waals surface area contributed by atoms with E-state index in [1.807, 2.05) is 6.92 Å². The van der Waals surface area contributed by atoms with Gasteiger partial charge in [0, 0.05) is 6.42 Å². The second-order valence-electron chi connectivity index (χ2n) is 2.36. The lowest BCUT2D eigenvalue weighted by Gasteiger charge is -1.95. The molecule has 1 rings (SSSR count). The number of aromatic nitrogens is 1. The largest absolute Gasteiger partial charge is 0.428 e. The van der Waals surface area contributed by atoms with Crippen molar-refractivity contribution >= 4 is 16.0 Å². The molecular weight excluding hydrogens is 180 g/mol. The van der Waals surface area contributed by atoms with Crippen LogP contribution in [0.15, 0.2) is 10.6 Å². The number of hydrogen-bond acceptors (Lipinski definition) is 4. The van der Waals surface area contributed by atoms with E-state index in [1.165, 1.54) is 6.20 Å². The smallest absolute Gasteiger partial charge is 0.308 e. The first kappa shape index (κ1) is 9.05. The number of nitrogens with zero attached hydrogens (tertiary/aromatic N) is 1. The molecular formula is C6H10N2O3S. The molecule has 0 aliphatic heterocycles. The third-order valence-corrected chi connectivity index (χ3v) is 1.72. The second-order valence-corrected chi connectivity index (χ2v) is 4.11. The number of rotatable bonds is 3. The third kappa shape index (κ3) is 2.54. The van der Waals surface area contributed by atoms with Gasteiger partial charge in [-0.3, -0.25) is 0 Å². The molecule has 1 aromatic heterocycles. The highest BCUT2D eigenvalue weighted by atomic mass is 32.2. The Morgan fingerprint density at radius 3 is 2.75 bits per heavy atom. The molecule has 5 nitrogen and oxygen atoms in total. The van der Waals surface area contributed by atoms with E-state index in [9.17, 15) is 8.42 Å². The molecule has 1 heterocycles. The van der Waals surface area contributed by atoms with E-state index in [-0.39, 0.29) is 6.01 Å². The average molecular weight is 190 g/mol. The van der Waals surface area contributed by atoms with Gasteiger partial charge in [0.05, 0.1) is 12.5 Å². The lowest BCUT2D eigenvalue weighted by Crippen LogP contribution is -2.09. The summed E-state index contributed by atoms with van der Waals surface area (Å²) in [5.41, 5.74) is 0. The Balaban J connectivity index is 2.78. The van der Waals surface area contributed by atoms with Crippen molar-refractivity contribution in [3.8, 4) is 0 Å². The summed E-state index contributed by atoms with van der Waals surface area (Å²) >= 11 is 0. The number of hydrogen-bond donors (Lipinski definition) is 1. The van der Waals surface area contributed by atoms with Crippen LogP contribution in [0.1, 0.15) is 12.7 Å². The molecule has 0 fully saturated rings. The van der Waals surface area contributed by atoms with Crippen molar-refractivity contribution in [3.05, 3.63) is 12.0 Å². The number of aryl methyl sites for hydroxylation is 1. The summed E-state index contributed by atoms with van der Waals surface area (Å²) in [5, 5.41) is 0. The van der Waals surface area contributed by atoms with E-state index < -0.39 is 10.0 Å². The van der Waals surface area contributed by atoms with Crippen LogP contribution in [0.25, 0.3) is 0 Å². The van der Waals surface area contributed by atoms with Crippen LogP contribution in [0.3, 0.4) is 0 Å². The minimum Gasteiger partial charge on any atom is -0.428 e. The number of anilines is 1. The lowest BCUT2D eigenvalue weighted by molar-refractivity contribution is 0.527. The summed E-state index contributed by atoms with van der Waals surface area (Å²) in [6.45, 7) is 1.89. The van der Waals surface area contributed by atoms with Crippen LogP contribution in [0.2, 0.25) is 0 Å². The highest BCUT2D eigenvalue weighted by Crippen LogP contribution is 2.09. The SMILES string of the molecule is CCc1cnc(NS(C)(=O)=O)o1. The summed E-state index contributed by atoms with van der Waals surface area (Å²) < 4.78 is 28.5. The topological polar surface area (TPSA) is 72.2 Å². The Hall–Kier alpha value is -1.04. The normalized spacial score (nSPS) is 11.5. The molecule has 1 aromatic rings. The summed E-state index contributed by atoms with van der Waals surface area (Å²) in [5.74, 6) is 0.654. The molecule has 0 saturated heterocycles. The lowest BCUT2D eigenvalue weighted by atomic mass is 10.4. The number of nitrogens with one attached hydrogen (secondary N) is 1. The summed E-state index contributed by atoms with van der Waals surface area (Å²) in [4.78, 5) is 3.72. The standard InChI is InChI=1S/C6H10N2O3S/c1-3-5-4-7-6(11-5)8-12(2,9)10/h4H,3H2,1-2H3,(H,7,8). The maximum atomic E-state index is 10.7. The van der Waals surface area contributed by atoms with Crippen molar-refractivity contribution in [2.45, 2.75) is 13.3 Å². The predicted molar refractivity (Wildman–Crippen MR) is 44.3 cm³/mol. The van der Waals surface area contributed by atoms with E-state index in [0.29, 0.717) is 12.2 Å². The zero-order valence-electron chi connectivity index (χ0n) is 6.86. The van der Waals surface area contributed by atoms with Gasteiger partial charge in [-0.1, -0.05) is 6.92 Å². The molecule has 0 unspecified atom stereocenters. The van der Waals surface area contributed by atoms with E-state index in [4.69, 9.17) is 4.42 Å². The minimum absolute atomic E-state index is 0.0225. The van der Waals surface area contributed by atoms with Gasteiger partial charge in [0.25, 0.3) is 0 Å². The zero-order valence-corrected chi connectivity index (χ0v) is 7.68. The van der Waals surface area contributed by atoms with Gasteiger partial charge < -0.3 is 4.42 Å². The maximum Gasteiger partial charge on any atom is 0.308 e. The summed E-state index contributed by atoms with van der Waals surface area (Å²) in [7, 11) is -3.28. The molecule has 0 aliphatic rings. The highest BCUT2D eigenvalue weighted by Gasteiger charge is 2.06. The fourth-order valence-corrected chi connectivity index (χ4v) is 1.09. The predicted octanol–water partition coefficient (Wildman–Crippen LogP) is 0.609. The van der Waals surface area contributed by atoms with Crippen LogP contribution in [-0.2, 0) is 16.4 Å². The van der Waals surface area contributed by atoms with Crippen LogP contribution >= 0.6 is 0 Å². The van der Waals surface area contributed by atoms with Crippen molar-refractivity contribution in [2.24, 2.45) is 0 Å². The molecule has 0 aliphatic carbocycles. The average Bonchev–Trinajstić information content (AvgIpc) is 2.32. The molecule has 0 saturated carbocycles. The van der Waals surface area contributed by atoms with Crippen LogP contribution in [0, 0.1) is 0 Å². The highest BCUT2D eigenvalue weighted by molar-refractivity contribution is 7.91. The van der Waals surface area contributed by atoms with Crippen molar-refractivity contribution in [1.29, 1.82) is 0 Å². The summed E-state index contributed by atoms with van der Waals surface area (Å²) in [6.07, 6.45) is 3.23. The van der Waals surface area contributed by atoms with Crippen LogP contribution in [0.5, 0.6) is 0 Å². The quantitative estimate of drug-likeness (QED) is 0.757. The van der Waals surface area contributed by atoms with E-state index >= 15 is 0 Å². The first-order valence-corrected chi connectivity index (χ1v) is 5.33. The van der Waals surface area contributed by atoms with Gasteiger partial charge in [-0.15, -0.1) is 0 Å². The van der Waals surface area contributed by atoms with Crippen molar-refractivity contribution < 1.29 is 12.8 Å². The van der Waals surface area contributed by atoms with Crippen LogP contribution < -0.4 is 4.72 Å². The molecule has 0 amide bonds. The van der Waals surface area contributed by atoms with Gasteiger partial charge in [0.1, 0.15) is 5.76 Å². The van der Waals surface area contributed by atoms with Gasteiger partial charge in [0.2, 0.25) is 10.0 Å². The Kier molecular flexibility index (Phi) is 2.37. The van der Waals surface area contributed by atoms with Crippen molar-refractivity contribution in [2.75, 3.05) is 11.0 Å². The molecule has 0 aromatic carbocycles. The maximum absolute atomic E-state index is 10.7. The second kappa shape index (κ2) is 3.14. The van der Waals surface area contributed by atoms with E-state index in [0.717, 1.165) is 6.26 Å². The Labute approximate surface area is 70.9 Å². The first-order chi connectivity index (χ1) is 5.51. The van der Waals surface area contributed by atoms with E-state index in [1.54, 1.807) is 0 Å². The Bertz CT molecular complexity index is 355. The molecule has 6 heteroatoms. The van der Waals surface area contributed by atoms with Gasteiger partial charge in [-0.05, 0) is 0 Å². The molecule has 0 bridgehead atoms. The number of oxazole rings is 1. The van der Waals surface area contributed by atoms with Crippen molar-refractivity contribution in [3.63, 3.8) is 0 Å². The molecule has 0 spiro atoms. The third-order valence-electron chi connectivity index (χ3n) is 1.17. The zero-order chi connectivity index (χ0) is 9.19. The molecule has 12 heavy (non-hydrogen) atoms. The number of sulfonamides is 1. The molecule has 1 N–H and O–H groups in total. The van der Waals surface area contributed by atoms with Crippen molar-refractivity contribution in [1.82, 2.24) is 4.98 Å². The fraction of sp³-hybridized carbons (Fsp3) is 0.500. The minimum atomic E-state index is -3.28. The first-order valence-electron chi connectivity index (χ1n) is 3.44. The van der Waals surface area contributed by atoms with Gasteiger partial charge in [0.15, 0.2) is 0 Å². The van der Waals surface area contributed by atoms with Gasteiger partial charge in [-0.25, -0.2) is 18.1 Å². The molecule has 0 radical (unpaired) electrons. The fourth-order valence-electron chi connectivity index (χ4n) is 0.677. The van der Waals surface area contributed by atoms with Gasteiger partial charge >= 0.3 is 6.01 Å². The molecule has 68 valence electrons. The van der Waals surface area contributed by atoms with Crippen LogP contribution in [0.4, 0.5) is 6.01 Å². The van der Waals surface area contributed by atoms with E-state index in [2.05, 4.69) is 9.71 Å². The molecule has 0 atom stereocenters. The monoisotopic (exact) mass is 190 g/mol.